The molecule has 4 nitrogen and oxygen atoms in total. The molecule has 0 radical (unpaired) electrons. The third kappa shape index (κ3) is 1.86. The van der Waals surface area contributed by atoms with Crippen LogP contribution < -0.4 is 5.73 Å². The van der Waals surface area contributed by atoms with Crippen molar-refractivity contribution in [2.75, 3.05) is 13.1 Å². The van der Waals surface area contributed by atoms with Crippen molar-refractivity contribution in [3.63, 3.8) is 0 Å². The van der Waals surface area contributed by atoms with Crippen LogP contribution >= 0.6 is 0 Å². The minimum Gasteiger partial charge on any atom is -0.329 e. The molecule has 2 fully saturated rings. The van der Waals surface area contributed by atoms with Gasteiger partial charge in [-0.05, 0) is 13.8 Å². The van der Waals surface area contributed by atoms with E-state index in [1.54, 1.807) is 12.2 Å². The quantitative estimate of drug-likeness (QED) is 0.624. The maximum atomic E-state index is 12.5. The molecule has 0 aromatic carbocycles. The van der Waals surface area contributed by atoms with E-state index in [1.165, 1.54) is 4.90 Å². The molecule has 1 heterocycles. The number of likely N-dealkylation sites (tertiary alicyclic amines) is 1. The first-order valence-corrected chi connectivity index (χ1v) is 6.97. The van der Waals surface area contributed by atoms with Crippen LogP contribution in [0.2, 0.25) is 0 Å². The molecule has 0 aromatic rings. The molecular weight excluding hydrogens is 252 g/mol. The van der Waals surface area contributed by atoms with Crippen molar-refractivity contribution in [2.45, 2.75) is 13.8 Å². The molecule has 1 saturated heterocycles. The summed E-state index contributed by atoms with van der Waals surface area (Å²) < 4.78 is 0. The molecule has 2 N–H and O–H groups in total. The second kappa shape index (κ2) is 5.37. The molecule has 0 aromatic heterocycles. The topological polar surface area (TPSA) is 63.4 Å². The number of hydrogen-bond acceptors (Lipinski definition) is 3. The third-order valence-electron chi connectivity index (χ3n) is 4.42. The van der Waals surface area contributed by atoms with Gasteiger partial charge >= 0.3 is 0 Å². The molecule has 108 valence electrons. The number of hydrogen-bond donors (Lipinski definition) is 1. The van der Waals surface area contributed by atoms with Crippen molar-refractivity contribution < 1.29 is 9.59 Å². The van der Waals surface area contributed by atoms with Crippen molar-refractivity contribution in [1.82, 2.24) is 4.90 Å². The lowest BCUT2D eigenvalue weighted by Crippen LogP contribution is -2.37. The number of carbonyl (C=O) groups excluding carboxylic acids is 2. The second-order valence-electron chi connectivity index (χ2n) is 5.65. The first-order valence-electron chi connectivity index (χ1n) is 6.97. The minimum absolute atomic E-state index is 0.0766. The van der Waals surface area contributed by atoms with Crippen molar-refractivity contribution in [2.24, 2.45) is 29.4 Å². The predicted octanol–water partition coefficient (Wildman–Crippen LogP) is 1.50. The van der Waals surface area contributed by atoms with Gasteiger partial charge in [-0.3, -0.25) is 14.5 Å². The summed E-state index contributed by atoms with van der Waals surface area (Å²) in [5.74, 6) is -1.05. The van der Waals surface area contributed by atoms with Crippen LogP contribution in [0.4, 0.5) is 0 Å². The van der Waals surface area contributed by atoms with Gasteiger partial charge in [0.2, 0.25) is 11.8 Å². The van der Waals surface area contributed by atoms with Gasteiger partial charge in [0.25, 0.3) is 0 Å². The SMILES string of the molecule is C=CC1C(=C(C)C)C(C=C)C2C(=O)N(CCN)C(=O)C12. The lowest BCUT2D eigenvalue weighted by atomic mass is 9.89. The van der Waals surface area contributed by atoms with Crippen molar-refractivity contribution >= 4 is 11.8 Å². The van der Waals surface area contributed by atoms with Crippen LogP contribution in [0, 0.1) is 23.7 Å². The third-order valence-corrected chi connectivity index (χ3v) is 4.42. The Morgan fingerprint density at radius 1 is 1.15 bits per heavy atom. The summed E-state index contributed by atoms with van der Waals surface area (Å²) in [4.78, 5) is 26.4. The first-order chi connectivity index (χ1) is 9.49. The van der Waals surface area contributed by atoms with Gasteiger partial charge in [-0.15, -0.1) is 13.2 Å². The highest BCUT2D eigenvalue weighted by Gasteiger charge is 2.58. The lowest BCUT2D eigenvalue weighted by Gasteiger charge is -2.21. The van der Waals surface area contributed by atoms with E-state index in [0.29, 0.717) is 13.1 Å². The van der Waals surface area contributed by atoms with E-state index >= 15 is 0 Å². The number of nitrogens with zero attached hydrogens (tertiary/aromatic N) is 1. The smallest absolute Gasteiger partial charge is 0.234 e. The van der Waals surface area contributed by atoms with Crippen LogP contribution in [0.15, 0.2) is 36.5 Å². The maximum absolute atomic E-state index is 12.5. The van der Waals surface area contributed by atoms with Crippen LogP contribution in [0.25, 0.3) is 0 Å². The van der Waals surface area contributed by atoms with E-state index in [-0.39, 0.29) is 35.5 Å². The average molecular weight is 274 g/mol. The van der Waals surface area contributed by atoms with E-state index in [1.807, 2.05) is 13.8 Å². The van der Waals surface area contributed by atoms with Crippen LogP contribution in [0.1, 0.15) is 13.8 Å². The maximum Gasteiger partial charge on any atom is 0.234 e. The van der Waals surface area contributed by atoms with Crippen molar-refractivity contribution in [3.05, 3.63) is 36.5 Å². The first kappa shape index (κ1) is 14.7. The van der Waals surface area contributed by atoms with E-state index in [9.17, 15) is 9.59 Å². The highest BCUT2D eigenvalue weighted by atomic mass is 16.2. The average Bonchev–Trinajstić information content (AvgIpc) is 2.87. The van der Waals surface area contributed by atoms with Gasteiger partial charge in [-0.1, -0.05) is 23.3 Å². The summed E-state index contributed by atoms with van der Waals surface area (Å²) in [7, 11) is 0. The summed E-state index contributed by atoms with van der Waals surface area (Å²) in [6.07, 6.45) is 3.58. The summed E-state index contributed by atoms with van der Waals surface area (Å²) in [5.41, 5.74) is 7.76. The molecule has 2 rings (SSSR count). The molecule has 1 aliphatic carbocycles. The molecule has 4 atom stereocenters. The Kier molecular flexibility index (Phi) is 3.95. The van der Waals surface area contributed by atoms with E-state index in [2.05, 4.69) is 13.2 Å². The Labute approximate surface area is 120 Å². The van der Waals surface area contributed by atoms with Crippen molar-refractivity contribution in [3.8, 4) is 0 Å². The zero-order valence-electron chi connectivity index (χ0n) is 12.1. The van der Waals surface area contributed by atoms with Crippen LogP contribution in [-0.4, -0.2) is 29.8 Å². The minimum atomic E-state index is -0.334. The highest BCUT2D eigenvalue weighted by molar-refractivity contribution is 6.06. The summed E-state index contributed by atoms with van der Waals surface area (Å²) in [5, 5.41) is 0. The number of nitrogens with two attached hydrogens (primary N) is 1. The Morgan fingerprint density at radius 2 is 1.60 bits per heavy atom. The molecule has 0 spiro atoms. The molecule has 0 bridgehead atoms. The predicted molar refractivity (Wildman–Crippen MR) is 78.5 cm³/mol. The van der Waals surface area contributed by atoms with Gasteiger partial charge in [-0.25, -0.2) is 0 Å². The Hall–Kier alpha value is -1.68. The number of carbonyl (C=O) groups is 2. The summed E-state index contributed by atoms with van der Waals surface area (Å²) >= 11 is 0. The monoisotopic (exact) mass is 274 g/mol. The normalized spacial score (nSPS) is 32.5. The van der Waals surface area contributed by atoms with Gasteiger partial charge in [0.15, 0.2) is 0 Å². The highest BCUT2D eigenvalue weighted by Crippen LogP contribution is 2.52. The summed E-state index contributed by atoms with van der Waals surface area (Å²) in [6, 6.07) is 0. The molecule has 2 aliphatic rings. The number of fused-ring (bicyclic) bond motifs is 1. The van der Waals surface area contributed by atoms with Gasteiger partial charge in [-0.2, -0.15) is 0 Å². The Bertz CT molecular complexity index is 467. The molecule has 4 heteroatoms. The lowest BCUT2D eigenvalue weighted by molar-refractivity contribution is -0.140. The fourth-order valence-corrected chi connectivity index (χ4v) is 3.70. The van der Waals surface area contributed by atoms with Gasteiger partial charge in [0.05, 0.1) is 11.8 Å². The molecule has 20 heavy (non-hydrogen) atoms. The zero-order chi connectivity index (χ0) is 15.0. The number of amides is 2. The van der Waals surface area contributed by atoms with Crippen LogP contribution in [-0.2, 0) is 9.59 Å². The fourth-order valence-electron chi connectivity index (χ4n) is 3.70. The standard InChI is InChI=1S/C16H22N2O2/c1-5-10-12(9(3)4)11(6-2)14-13(10)15(19)18(8-7-17)16(14)20/h5-6,10-11,13-14H,1-2,7-8,17H2,3-4H3. The van der Waals surface area contributed by atoms with E-state index in [0.717, 1.165) is 11.1 Å². The van der Waals surface area contributed by atoms with Crippen molar-refractivity contribution in [1.29, 1.82) is 0 Å². The zero-order valence-corrected chi connectivity index (χ0v) is 12.1. The molecule has 1 saturated carbocycles. The Morgan fingerprint density at radius 3 is 1.90 bits per heavy atom. The molecule has 4 unspecified atom stereocenters. The van der Waals surface area contributed by atoms with Gasteiger partial charge < -0.3 is 5.73 Å². The fraction of sp³-hybridized carbons (Fsp3) is 0.500. The van der Waals surface area contributed by atoms with E-state index in [4.69, 9.17) is 5.73 Å². The Balaban J connectivity index is 2.51. The number of allylic oxidation sites excluding steroid dienone is 4. The van der Waals surface area contributed by atoms with Gasteiger partial charge in [0, 0.05) is 24.9 Å². The second-order valence-corrected chi connectivity index (χ2v) is 5.65. The summed E-state index contributed by atoms with van der Waals surface area (Å²) in [6.45, 7) is 12.3. The van der Waals surface area contributed by atoms with Gasteiger partial charge in [0.1, 0.15) is 0 Å². The van der Waals surface area contributed by atoms with E-state index < -0.39 is 0 Å². The molecular formula is C16H22N2O2. The molecule has 1 aliphatic heterocycles. The van der Waals surface area contributed by atoms with Crippen LogP contribution in [0.5, 0.6) is 0 Å². The largest absolute Gasteiger partial charge is 0.329 e. The number of imide groups is 1. The van der Waals surface area contributed by atoms with Crippen LogP contribution in [0.3, 0.4) is 0 Å². The molecule has 2 amide bonds. The number of rotatable bonds is 4.